The Balaban J connectivity index is 1.40. The lowest BCUT2D eigenvalue weighted by Gasteiger charge is -2.25. The number of rotatable bonds is 4. The molecule has 4 rings (SSSR count). The Morgan fingerprint density at radius 3 is 2.42 bits per heavy atom. The van der Waals surface area contributed by atoms with E-state index in [4.69, 9.17) is 4.74 Å². The molecule has 0 spiro atoms. The number of halogens is 6. The number of aromatic nitrogens is 1. The first-order valence-corrected chi connectivity index (χ1v) is 10.4. The zero-order valence-corrected chi connectivity index (χ0v) is 17.4. The van der Waals surface area contributed by atoms with Crippen molar-refractivity contribution in [3.63, 3.8) is 0 Å². The SMILES string of the molecule is O=C1CCN(Cc2cccc(C(F)(F)F)c2)CC2CC(Oc3ccc(C(F)(F)F)cn3)CN12. The molecule has 178 valence electrons. The van der Waals surface area contributed by atoms with Crippen LogP contribution in [0.4, 0.5) is 26.3 Å². The third-order valence-electron chi connectivity index (χ3n) is 5.82. The summed E-state index contributed by atoms with van der Waals surface area (Å²) in [5, 5.41) is 0. The number of alkyl halides is 6. The van der Waals surface area contributed by atoms with Crippen molar-refractivity contribution in [2.45, 2.75) is 43.9 Å². The summed E-state index contributed by atoms with van der Waals surface area (Å²) in [6, 6.07) is 6.95. The summed E-state index contributed by atoms with van der Waals surface area (Å²) >= 11 is 0. The number of fused-ring (bicyclic) bond motifs is 1. The third kappa shape index (κ3) is 5.58. The first kappa shape index (κ1) is 23.3. The van der Waals surface area contributed by atoms with E-state index in [1.165, 1.54) is 6.07 Å². The Morgan fingerprint density at radius 1 is 1.00 bits per heavy atom. The molecule has 2 unspecified atom stereocenters. The van der Waals surface area contributed by atoms with Gasteiger partial charge < -0.3 is 9.64 Å². The highest BCUT2D eigenvalue weighted by Gasteiger charge is 2.39. The second kappa shape index (κ2) is 8.85. The van der Waals surface area contributed by atoms with Crippen molar-refractivity contribution < 1.29 is 35.9 Å². The summed E-state index contributed by atoms with van der Waals surface area (Å²) in [4.78, 5) is 19.9. The van der Waals surface area contributed by atoms with Crippen molar-refractivity contribution in [3.8, 4) is 5.88 Å². The van der Waals surface area contributed by atoms with Gasteiger partial charge in [-0.2, -0.15) is 26.3 Å². The normalized spacial score (nSPS) is 22.2. The molecule has 2 aliphatic heterocycles. The van der Waals surface area contributed by atoms with E-state index in [2.05, 4.69) is 4.98 Å². The van der Waals surface area contributed by atoms with Gasteiger partial charge in [0.15, 0.2) is 0 Å². The Labute approximate surface area is 185 Å². The minimum Gasteiger partial charge on any atom is -0.472 e. The quantitative estimate of drug-likeness (QED) is 0.619. The van der Waals surface area contributed by atoms with Gasteiger partial charge in [0.1, 0.15) is 6.10 Å². The molecule has 5 nitrogen and oxygen atoms in total. The molecule has 2 aliphatic rings. The monoisotopic (exact) mass is 473 g/mol. The lowest BCUT2D eigenvalue weighted by molar-refractivity contribution is -0.138. The molecule has 1 aromatic heterocycles. The Bertz CT molecular complexity index is 993. The Hall–Kier alpha value is -2.82. The van der Waals surface area contributed by atoms with Crippen LogP contribution in [0.1, 0.15) is 29.5 Å². The summed E-state index contributed by atoms with van der Waals surface area (Å²) in [6.45, 7) is 1.44. The number of amides is 1. The zero-order valence-electron chi connectivity index (χ0n) is 17.4. The summed E-state index contributed by atoms with van der Waals surface area (Å²) < 4.78 is 82.8. The first-order valence-electron chi connectivity index (χ1n) is 10.4. The summed E-state index contributed by atoms with van der Waals surface area (Å²) in [5.74, 6) is -0.0445. The van der Waals surface area contributed by atoms with Crippen molar-refractivity contribution in [2.24, 2.45) is 0 Å². The molecular weight excluding hydrogens is 452 g/mol. The van der Waals surface area contributed by atoms with Crippen LogP contribution in [-0.4, -0.2) is 52.5 Å². The fourth-order valence-corrected chi connectivity index (χ4v) is 4.26. The fourth-order valence-electron chi connectivity index (χ4n) is 4.26. The van der Waals surface area contributed by atoms with Gasteiger partial charge in [-0.05, 0) is 17.7 Å². The van der Waals surface area contributed by atoms with Crippen molar-refractivity contribution in [3.05, 3.63) is 59.3 Å². The Morgan fingerprint density at radius 2 is 1.76 bits per heavy atom. The molecule has 11 heteroatoms. The van der Waals surface area contributed by atoms with Crippen LogP contribution in [0.3, 0.4) is 0 Å². The molecule has 2 saturated heterocycles. The van der Waals surface area contributed by atoms with Gasteiger partial charge in [-0.3, -0.25) is 9.69 Å². The van der Waals surface area contributed by atoms with Gasteiger partial charge in [-0.25, -0.2) is 4.98 Å². The largest absolute Gasteiger partial charge is 0.472 e. The first-order chi connectivity index (χ1) is 15.5. The maximum atomic E-state index is 13.0. The predicted octanol–water partition coefficient (Wildman–Crippen LogP) is 4.37. The van der Waals surface area contributed by atoms with E-state index in [0.29, 0.717) is 31.3 Å². The van der Waals surface area contributed by atoms with Crippen LogP contribution >= 0.6 is 0 Å². The Kier molecular flexibility index (Phi) is 6.26. The van der Waals surface area contributed by atoms with Gasteiger partial charge in [-0.15, -0.1) is 0 Å². The van der Waals surface area contributed by atoms with E-state index >= 15 is 0 Å². The molecule has 2 fully saturated rings. The summed E-state index contributed by atoms with van der Waals surface area (Å²) in [6.07, 6.45) is -7.98. The molecule has 0 N–H and O–H groups in total. The maximum Gasteiger partial charge on any atom is 0.417 e. The van der Waals surface area contributed by atoms with Crippen LogP contribution in [0.2, 0.25) is 0 Å². The number of pyridine rings is 1. The predicted molar refractivity (Wildman–Crippen MR) is 105 cm³/mol. The number of hydrogen-bond donors (Lipinski definition) is 0. The molecule has 3 heterocycles. The molecule has 2 atom stereocenters. The van der Waals surface area contributed by atoms with Gasteiger partial charge in [0.25, 0.3) is 0 Å². The molecule has 33 heavy (non-hydrogen) atoms. The molecule has 0 radical (unpaired) electrons. The van der Waals surface area contributed by atoms with Gasteiger partial charge in [0.05, 0.1) is 17.7 Å². The molecule has 0 bridgehead atoms. The highest BCUT2D eigenvalue weighted by Crippen LogP contribution is 2.32. The van der Waals surface area contributed by atoms with E-state index < -0.39 is 29.6 Å². The van der Waals surface area contributed by atoms with Crippen molar-refractivity contribution in [1.82, 2.24) is 14.8 Å². The standard InChI is InChI=1S/C22H21F6N3O2/c23-21(24,25)15-3-1-2-14(8-15)11-30-7-6-20(32)31-13-18(9-17(31)12-30)33-19-5-4-16(10-29-19)22(26,27)28/h1-5,8,10,17-18H,6-7,9,11-13H2. The van der Waals surface area contributed by atoms with Crippen molar-refractivity contribution in [2.75, 3.05) is 19.6 Å². The molecule has 0 saturated carbocycles. The lowest BCUT2D eigenvalue weighted by atomic mass is 10.1. The van der Waals surface area contributed by atoms with Crippen molar-refractivity contribution in [1.29, 1.82) is 0 Å². The van der Waals surface area contributed by atoms with E-state index in [-0.39, 0.29) is 37.3 Å². The average Bonchev–Trinajstić information content (AvgIpc) is 3.07. The summed E-state index contributed by atoms with van der Waals surface area (Å²) in [7, 11) is 0. The number of carbonyl (C=O) groups excluding carboxylic acids is 1. The number of ether oxygens (including phenoxy) is 1. The highest BCUT2D eigenvalue weighted by atomic mass is 19.4. The maximum absolute atomic E-state index is 13.0. The molecular formula is C22H21F6N3O2. The van der Waals surface area contributed by atoms with Crippen molar-refractivity contribution >= 4 is 5.91 Å². The number of carbonyl (C=O) groups is 1. The zero-order chi connectivity index (χ0) is 23.8. The lowest BCUT2D eigenvalue weighted by Crippen LogP contribution is -2.38. The van der Waals surface area contributed by atoms with E-state index in [0.717, 1.165) is 24.3 Å². The molecule has 0 aliphatic carbocycles. The van der Waals surface area contributed by atoms with Crippen LogP contribution in [0, 0.1) is 0 Å². The number of nitrogens with zero attached hydrogens (tertiary/aromatic N) is 3. The second-order valence-corrected chi connectivity index (χ2v) is 8.24. The van der Waals surface area contributed by atoms with Gasteiger partial charge in [0.2, 0.25) is 11.8 Å². The molecule has 1 amide bonds. The van der Waals surface area contributed by atoms with E-state index in [1.54, 1.807) is 11.0 Å². The fraction of sp³-hybridized carbons (Fsp3) is 0.455. The number of benzene rings is 1. The van der Waals surface area contributed by atoms with E-state index in [1.807, 2.05) is 4.90 Å². The van der Waals surface area contributed by atoms with Gasteiger partial charge in [0, 0.05) is 50.8 Å². The van der Waals surface area contributed by atoms with Gasteiger partial charge in [-0.1, -0.05) is 18.2 Å². The van der Waals surface area contributed by atoms with E-state index in [9.17, 15) is 31.1 Å². The number of hydrogen-bond acceptors (Lipinski definition) is 4. The minimum atomic E-state index is -4.49. The smallest absolute Gasteiger partial charge is 0.417 e. The van der Waals surface area contributed by atoms with Crippen LogP contribution in [0.25, 0.3) is 0 Å². The minimum absolute atomic E-state index is 0.0407. The van der Waals surface area contributed by atoms with Crippen LogP contribution in [0.15, 0.2) is 42.6 Å². The van der Waals surface area contributed by atoms with Crippen LogP contribution < -0.4 is 4.74 Å². The third-order valence-corrected chi connectivity index (χ3v) is 5.82. The summed E-state index contributed by atoms with van der Waals surface area (Å²) in [5.41, 5.74) is -1.09. The second-order valence-electron chi connectivity index (χ2n) is 8.24. The molecule has 2 aromatic rings. The van der Waals surface area contributed by atoms with Crippen LogP contribution in [-0.2, 0) is 23.7 Å². The highest BCUT2D eigenvalue weighted by molar-refractivity contribution is 5.77. The average molecular weight is 473 g/mol. The molecule has 1 aromatic carbocycles. The topological polar surface area (TPSA) is 45.7 Å². The van der Waals surface area contributed by atoms with Gasteiger partial charge >= 0.3 is 12.4 Å². The van der Waals surface area contributed by atoms with Crippen LogP contribution in [0.5, 0.6) is 5.88 Å².